The van der Waals surface area contributed by atoms with Crippen LogP contribution in [0.2, 0.25) is 0 Å². The number of aromatic amines is 1. The molecule has 0 saturated heterocycles. The quantitative estimate of drug-likeness (QED) is 0.125. The number of rotatable bonds is 8. The van der Waals surface area contributed by atoms with Crippen molar-refractivity contribution in [3.05, 3.63) is 84.7 Å². The van der Waals surface area contributed by atoms with Crippen LogP contribution in [0.5, 0.6) is 0 Å². The normalized spacial score (nSPS) is 13.8. The Kier molecular flexibility index (Phi) is 7.04. The Bertz CT molecular complexity index is 1490. The molecule has 0 saturated carbocycles. The lowest BCUT2D eigenvalue weighted by molar-refractivity contribution is -0.385. The van der Waals surface area contributed by atoms with Gasteiger partial charge in [-0.15, -0.1) is 0 Å². The number of hydrogen-bond donors (Lipinski definition) is 5. The van der Waals surface area contributed by atoms with Crippen molar-refractivity contribution in [2.45, 2.75) is 26.1 Å². The van der Waals surface area contributed by atoms with Crippen molar-refractivity contribution in [1.29, 1.82) is 0 Å². The van der Waals surface area contributed by atoms with Crippen LogP contribution in [-0.2, 0) is 13.1 Å². The molecule has 0 aliphatic carbocycles. The summed E-state index contributed by atoms with van der Waals surface area (Å²) >= 11 is 0.925. The number of nitro groups is 1. The third-order valence-corrected chi connectivity index (χ3v) is 6.56. The van der Waals surface area contributed by atoms with Gasteiger partial charge in [-0.25, -0.2) is 0 Å². The maximum absolute atomic E-state index is 13.2. The second-order valence-electron chi connectivity index (χ2n) is 8.41. The maximum Gasteiger partial charge on any atom is 0.284 e. The number of aliphatic hydroxyl groups excluding tert-OH is 1. The summed E-state index contributed by atoms with van der Waals surface area (Å²) in [5.41, 5.74) is 12.4. The minimum Gasteiger partial charge on any atom is -0.394 e. The van der Waals surface area contributed by atoms with Gasteiger partial charge >= 0.3 is 0 Å². The average Bonchev–Trinajstić information content (AvgIpc) is 3.46. The molecule has 4 rings (SSSR count). The standard InChI is InChI=1S/C23H23N7O6S/c1-11(10-31)26-19(24)18-21(33)28-37-22(18)27-15-4-5-16(17(7-15)30(35)36)23(34)29-8-13-3-2-12(20(25)32)6-14(13)9-29/h2-7,11,27,31H,8-10H2,1H3,(H2,24,26)(H2,25,32)(H,28,33). The summed E-state index contributed by atoms with van der Waals surface area (Å²) in [5.74, 6) is -1.23. The Morgan fingerprint density at radius 1 is 1.24 bits per heavy atom. The van der Waals surface area contributed by atoms with Crippen molar-refractivity contribution in [3.63, 3.8) is 0 Å². The smallest absolute Gasteiger partial charge is 0.284 e. The molecule has 3 aromatic rings. The second-order valence-corrected chi connectivity index (χ2v) is 9.22. The van der Waals surface area contributed by atoms with Crippen LogP contribution >= 0.6 is 11.5 Å². The number of nitro benzene ring substituents is 1. The van der Waals surface area contributed by atoms with Gasteiger partial charge in [0.1, 0.15) is 22.0 Å². The van der Waals surface area contributed by atoms with E-state index in [1.165, 1.54) is 23.1 Å². The first kappa shape index (κ1) is 25.5. The number of aromatic nitrogens is 1. The van der Waals surface area contributed by atoms with Crippen LogP contribution < -0.4 is 22.3 Å². The number of primary amides is 1. The molecule has 2 aromatic carbocycles. The van der Waals surface area contributed by atoms with Gasteiger partial charge in [-0.2, -0.15) is 0 Å². The Morgan fingerprint density at radius 3 is 2.65 bits per heavy atom. The average molecular weight is 526 g/mol. The molecule has 0 bridgehead atoms. The van der Waals surface area contributed by atoms with E-state index in [0.717, 1.165) is 22.7 Å². The number of carbonyl (C=O) groups is 2. The lowest BCUT2D eigenvalue weighted by Crippen LogP contribution is -2.26. The van der Waals surface area contributed by atoms with Crippen molar-refractivity contribution in [3.8, 4) is 0 Å². The number of amides is 2. The molecule has 13 nitrogen and oxygen atoms in total. The number of anilines is 2. The summed E-state index contributed by atoms with van der Waals surface area (Å²) in [7, 11) is 0. The van der Waals surface area contributed by atoms with Gasteiger partial charge in [0, 0.05) is 30.4 Å². The van der Waals surface area contributed by atoms with Crippen LogP contribution in [0.3, 0.4) is 0 Å². The van der Waals surface area contributed by atoms with E-state index in [2.05, 4.69) is 14.7 Å². The molecule has 2 amide bonds. The van der Waals surface area contributed by atoms with Gasteiger partial charge in [-0.3, -0.25) is 33.9 Å². The summed E-state index contributed by atoms with van der Waals surface area (Å²) in [6.07, 6.45) is 0. The predicted molar refractivity (Wildman–Crippen MR) is 137 cm³/mol. The number of nitrogens with two attached hydrogens (primary N) is 2. The van der Waals surface area contributed by atoms with E-state index < -0.39 is 34.0 Å². The number of carbonyl (C=O) groups excluding carboxylic acids is 2. The molecule has 7 N–H and O–H groups in total. The molecule has 2 heterocycles. The van der Waals surface area contributed by atoms with Crippen LogP contribution in [0.25, 0.3) is 0 Å². The lowest BCUT2D eigenvalue weighted by Gasteiger charge is -2.16. The Labute approximate surface area is 213 Å². The fourth-order valence-corrected chi connectivity index (χ4v) is 4.67. The highest BCUT2D eigenvalue weighted by atomic mass is 32.1. The van der Waals surface area contributed by atoms with Crippen molar-refractivity contribution in [1.82, 2.24) is 9.27 Å². The van der Waals surface area contributed by atoms with Gasteiger partial charge in [-0.05, 0) is 53.8 Å². The highest BCUT2D eigenvalue weighted by Crippen LogP contribution is 2.31. The van der Waals surface area contributed by atoms with Gasteiger partial charge in [0.15, 0.2) is 0 Å². The van der Waals surface area contributed by atoms with Crippen molar-refractivity contribution >= 4 is 45.6 Å². The van der Waals surface area contributed by atoms with E-state index in [9.17, 15) is 29.6 Å². The van der Waals surface area contributed by atoms with Crippen LogP contribution in [0.1, 0.15) is 44.3 Å². The first-order chi connectivity index (χ1) is 17.6. The topological polar surface area (TPSA) is 210 Å². The summed E-state index contributed by atoms with van der Waals surface area (Å²) < 4.78 is 2.53. The SMILES string of the molecule is CC(CO)N=C(N)c1c(Nc2ccc(C(=O)N3Cc4ccc(C(N)=O)cc4C3)c([N+](=O)[O-])c2)s[nH]c1=O. The summed E-state index contributed by atoms with van der Waals surface area (Å²) in [6.45, 7) is 1.77. The van der Waals surface area contributed by atoms with Crippen LogP contribution in [-0.4, -0.2) is 49.6 Å². The van der Waals surface area contributed by atoms with E-state index in [1.807, 2.05) is 0 Å². The Balaban J connectivity index is 1.60. The second kappa shape index (κ2) is 10.2. The first-order valence-electron chi connectivity index (χ1n) is 11.0. The molecule has 1 aliphatic rings. The lowest BCUT2D eigenvalue weighted by atomic mass is 10.1. The highest BCUT2D eigenvalue weighted by molar-refractivity contribution is 7.10. The predicted octanol–water partition coefficient (Wildman–Crippen LogP) is 1.43. The van der Waals surface area contributed by atoms with Crippen LogP contribution in [0, 0.1) is 10.1 Å². The number of nitrogens with one attached hydrogen (secondary N) is 2. The number of aliphatic hydroxyl groups is 1. The molecule has 1 unspecified atom stereocenters. The molecule has 14 heteroatoms. The molecule has 37 heavy (non-hydrogen) atoms. The van der Waals surface area contributed by atoms with Gasteiger partial charge in [0.2, 0.25) is 5.91 Å². The number of nitrogens with zero attached hydrogens (tertiary/aromatic N) is 3. The fraction of sp³-hybridized carbons (Fsp3) is 0.217. The molecule has 1 aromatic heterocycles. The van der Waals surface area contributed by atoms with Crippen LogP contribution in [0.4, 0.5) is 16.4 Å². The monoisotopic (exact) mass is 525 g/mol. The highest BCUT2D eigenvalue weighted by Gasteiger charge is 2.30. The molecule has 0 fully saturated rings. The number of benzene rings is 2. The van der Waals surface area contributed by atoms with E-state index in [4.69, 9.17) is 11.5 Å². The zero-order valence-electron chi connectivity index (χ0n) is 19.6. The molecule has 1 atom stereocenters. The minimum atomic E-state index is -0.661. The molecule has 0 spiro atoms. The molecule has 0 radical (unpaired) electrons. The first-order valence-corrected chi connectivity index (χ1v) is 11.8. The van der Waals surface area contributed by atoms with E-state index in [1.54, 1.807) is 25.1 Å². The Morgan fingerprint density at radius 2 is 1.97 bits per heavy atom. The van der Waals surface area contributed by atoms with Crippen molar-refractivity contribution < 1.29 is 19.6 Å². The zero-order valence-corrected chi connectivity index (χ0v) is 20.4. The van der Waals surface area contributed by atoms with E-state index >= 15 is 0 Å². The number of aliphatic imine (C=N–C) groups is 1. The maximum atomic E-state index is 13.2. The fourth-order valence-electron chi connectivity index (χ4n) is 3.90. The summed E-state index contributed by atoms with van der Waals surface area (Å²) in [4.78, 5) is 53.7. The number of amidine groups is 1. The number of H-pyrrole nitrogens is 1. The van der Waals surface area contributed by atoms with E-state index in [-0.39, 0.29) is 47.3 Å². The molecular weight excluding hydrogens is 502 g/mol. The van der Waals surface area contributed by atoms with Crippen molar-refractivity contribution in [2.24, 2.45) is 16.5 Å². The number of hydrogen-bond acceptors (Lipinski definition) is 9. The van der Waals surface area contributed by atoms with Crippen LogP contribution in [0.15, 0.2) is 46.2 Å². The third kappa shape index (κ3) is 5.19. The Hall–Kier alpha value is -4.56. The van der Waals surface area contributed by atoms with Gasteiger partial charge in [0.05, 0.1) is 17.6 Å². The van der Waals surface area contributed by atoms with Gasteiger partial charge in [0.25, 0.3) is 17.2 Å². The molecule has 1 aliphatic heterocycles. The largest absolute Gasteiger partial charge is 0.394 e. The van der Waals surface area contributed by atoms with Crippen molar-refractivity contribution in [2.75, 3.05) is 11.9 Å². The summed E-state index contributed by atoms with van der Waals surface area (Å²) in [5, 5.41) is 24.2. The minimum absolute atomic E-state index is 0.0401. The van der Waals surface area contributed by atoms with Gasteiger partial charge in [-0.1, -0.05) is 6.07 Å². The van der Waals surface area contributed by atoms with E-state index in [0.29, 0.717) is 5.56 Å². The summed E-state index contributed by atoms with van der Waals surface area (Å²) in [6, 6.07) is 8.37. The zero-order chi connectivity index (χ0) is 26.9. The third-order valence-electron chi connectivity index (χ3n) is 5.76. The number of fused-ring (bicyclic) bond motifs is 1. The molecular formula is C23H23N7O6S. The van der Waals surface area contributed by atoms with Gasteiger partial charge < -0.3 is 26.8 Å². The molecule has 192 valence electrons.